The molecule has 0 radical (unpaired) electrons. The van der Waals surface area contributed by atoms with Crippen molar-refractivity contribution in [2.75, 3.05) is 11.9 Å². The monoisotopic (exact) mass is 342 g/mol. The molecule has 0 bridgehead atoms. The smallest absolute Gasteiger partial charge is 0.319 e. The van der Waals surface area contributed by atoms with Crippen molar-refractivity contribution >= 4 is 33.6 Å². The fourth-order valence-corrected chi connectivity index (χ4v) is 2.10. The first-order chi connectivity index (χ1) is 9.43. The van der Waals surface area contributed by atoms with Crippen LogP contribution in [0.15, 0.2) is 22.7 Å². The fraction of sp³-hybridized carbons (Fsp3) is 0.429. The Kier molecular flexibility index (Phi) is 6.51. The average Bonchev–Trinajstić information content (AvgIpc) is 2.38. The van der Waals surface area contributed by atoms with Gasteiger partial charge in [-0.15, -0.1) is 0 Å². The highest BCUT2D eigenvalue weighted by molar-refractivity contribution is 9.10. The molecule has 110 valence electrons. The van der Waals surface area contributed by atoms with E-state index in [1.807, 2.05) is 19.9 Å². The first kappa shape index (κ1) is 16.5. The molecule has 1 atom stereocenters. The van der Waals surface area contributed by atoms with E-state index >= 15 is 0 Å². The molecular formula is C14H19BrN2O3. The predicted octanol–water partition coefficient (Wildman–Crippen LogP) is 3.38. The standard InChI is InChI=1S/C14H19BrN2O3/c1-3-4-10(13(18)19)8-16-14(20)17-11-6-5-9(2)12(15)7-11/h5-7,10H,3-4,8H2,1-2H3,(H,18,19)(H2,16,17,20). The number of nitrogens with one attached hydrogen (secondary N) is 2. The Morgan fingerprint density at radius 2 is 2.10 bits per heavy atom. The van der Waals surface area contributed by atoms with Crippen molar-refractivity contribution in [2.24, 2.45) is 5.92 Å². The number of halogens is 1. The summed E-state index contributed by atoms with van der Waals surface area (Å²) in [6.07, 6.45) is 1.32. The van der Waals surface area contributed by atoms with Gasteiger partial charge in [-0.05, 0) is 31.0 Å². The topological polar surface area (TPSA) is 78.4 Å². The Morgan fingerprint density at radius 3 is 2.65 bits per heavy atom. The molecule has 0 saturated heterocycles. The van der Waals surface area contributed by atoms with E-state index in [-0.39, 0.29) is 6.54 Å². The fourth-order valence-electron chi connectivity index (χ4n) is 1.72. The van der Waals surface area contributed by atoms with Crippen LogP contribution in [0, 0.1) is 12.8 Å². The van der Waals surface area contributed by atoms with E-state index in [1.54, 1.807) is 12.1 Å². The van der Waals surface area contributed by atoms with Crippen LogP contribution in [-0.4, -0.2) is 23.7 Å². The van der Waals surface area contributed by atoms with Gasteiger partial charge >= 0.3 is 12.0 Å². The van der Waals surface area contributed by atoms with Gasteiger partial charge in [-0.25, -0.2) is 4.79 Å². The van der Waals surface area contributed by atoms with Crippen LogP contribution in [0.25, 0.3) is 0 Å². The lowest BCUT2D eigenvalue weighted by Gasteiger charge is -2.13. The minimum absolute atomic E-state index is 0.127. The highest BCUT2D eigenvalue weighted by Gasteiger charge is 2.17. The molecular weight excluding hydrogens is 324 g/mol. The highest BCUT2D eigenvalue weighted by atomic mass is 79.9. The van der Waals surface area contributed by atoms with E-state index in [1.165, 1.54) is 0 Å². The van der Waals surface area contributed by atoms with Gasteiger partial charge in [0.05, 0.1) is 5.92 Å². The number of carbonyl (C=O) groups is 2. The maximum atomic E-state index is 11.7. The summed E-state index contributed by atoms with van der Waals surface area (Å²) < 4.78 is 0.907. The lowest BCUT2D eigenvalue weighted by Crippen LogP contribution is -2.35. The maximum Gasteiger partial charge on any atom is 0.319 e. The summed E-state index contributed by atoms with van der Waals surface area (Å²) in [6, 6.07) is 5.08. The Labute approximate surface area is 126 Å². The van der Waals surface area contributed by atoms with Crippen molar-refractivity contribution < 1.29 is 14.7 Å². The molecule has 0 aliphatic carbocycles. The second-order valence-electron chi connectivity index (χ2n) is 4.62. The Bertz CT molecular complexity index is 491. The molecule has 0 heterocycles. The number of amides is 2. The molecule has 0 aromatic heterocycles. The quantitative estimate of drug-likeness (QED) is 0.741. The van der Waals surface area contributed by atoms with Crippen molar-refractivity contribution in [1.29, 1.82) is 0 Å². The Hall–Kier alpha value is -1.56. The van der Waals surface area contributed by atoms with E-state index in [0.717, 1.165) is 16.5 Å². The summed E-state index contributed by atoms with van der Waals surface area (Å²) >= 11 is 3.39. The molecule has 6 heteroatoms. The van der Waals surface area contributed by atoms with E-state index in [9.17, 15) is 9.59 Å². The molecule has 3 N–H and O–H groups in total. The minimum atomic E-state index is -0.884. The van der Waals surface area contributed by atoms with E-state index < -0.39 is 17.9 Å². The van der Waals surface area contributed by atoms with Crippen molar-refractivity contribution in [3.8, 4) is 0 Å². The molecule has 5 nitrogen and oxygen atoms in total. The van der Waals surface area contributed by atoms with Crippen LogP contribution >= 0.6 is 15.9 Å². The van der Waals surface area contributed by atoms with Crippen molar-refractivity contribution in [1.82, 2.24) is 5.32 Å². The zero-order chi connectivity index (χ0) is 15.1. The normalized spacial score (nSPS) is 11.8. The van der Waals surface area contributed by atoms with Crippen LogP contribution in [0.5, 0.6) is 0 Å². The van der Waals surface area contributed by atoms with Gasteiger partial charge in [-0.3, -0.25) is 4.79 Å². The number of aliphatic carboxylic acids is 1. The van der Waals surface area contributed by atoms with Crippen molar-refractivity contribution in [3.63, 3.8) is 0 Å². The zero-order valence-electron chi connectivity index (χ0n) is 11.6. The average molecular weight is 343 g/mol. The molecule has 0 aliphatic rings. The van der Waals surface area contributed by atoms with E-state index in [0.29, 0.717) is 12.1 Å². The first-order valence-corrected chi connectivity index (χ1v) is 7.27. The van der Waals surface area contributed by atoms with Gasteiger partial charge in [0, 0.05) is 16.7 Å². The molecule has 0 saturated carbocycles. The molecule has 20 heavy (non-hydrogen) atoms. The van der Waals surface area contributed by atoms with Gasteiger partial charge in [0.2, 0.25) is 0 Å². The van der Waals surface area contributed by atoms with Gasteiger partial charge < -0.3 is 15.7 Å². The van der Waals surface area contributed by atoms with Crippen LogP contribution in [0.1, 0.15) is 25.3 Å². The number of benzene rings is 1. The van der Waals surface area contributed by atoms with E-state index in [2.05, 4.69) is 26.6 Å². The zero-order valence-corrected chi connectivity index (χ0v) is 13.2. The third-order valence-corrected chi connectivity index (χ3v) is 3.78. The number of hydrogen-bond donors (Lipinski definition) is 3. The van der Waals surface area contributed by atoms with Gasteiger partial charge in [-0.1, -0.05) is 35.3 Å². The predicted molar refractivity (Wildman–Crippen MR) is 81.9 cm³/mol. The third-order valence-electron chi connectivity index (χ3n) is 2.93. The van der Waals surface area contributed by atoms with Crippen LogP contribution in [0.2, 0.25) is 0 Å². The van der Waals surface area contributed by atoms with Crippen molar-refractivity contribution in [2.45, 2.75) is 26.7 Å². The number of urea groups is 1. The SMILES string of the molecule is CCCC(CNC(=O)Nc1ccc(C)c(Br)c1)C(=O)O. The van der Waals surface area contributed by atoms with Gasteiger partial charge in [0.25, 0.3) is 0 Å². The minimum Gasteiger partial charge on any atom is -0.481 e. The number of aryl methyl sites for hydroxylation is 1. The van der Waals surface area contributed by atoms with Gasteiger partial charge in [0.1, 0.15) is 0 Å². The van der Waals surface area contributed by atoms with Crippen LogP contribution in [0.4, 0.5) is 10.5 Å². The molecule has 1 unspecified atom stereocenters. The summed E-state index contributed by atoms with van der Waals surface area (Å²) in [6.45, 7) is 4.00. The second-order valence-corrected chi connectivity index (χ2v) is 5.48. The largest absolute Gasteiger partial charge is 0.481 e. The maximum absolute atomic E-state index is 11.7. The van der Waals surface area contributed by atoms with Crippen LogP contribution in [-0.2, 0) is 4.79 Å². The number of rotatable bonds is 6. The Morgan fingerprint density at radius 1 is 1.40 bits per heavy atom. The molecule has 0 spiro atoms. The number of carbonyl (C=O) groups excluding carboxylic acids is 1. The number of anilines is 1. The van der Waals surface area contributed by atoms with Crippen LogP contribution < -0.4 is 10.6 Å². The lowest BCUT2D eigenvalue weighted by molar-refractivity contribution is -0.141. The van der Waals surface area contributed by atoms with Crippen molar-refractivity contribution in [3.05, 3.63) is 28.2 Å². The molecule has 0 aliphatic heterocycles. The third kappa shape index (κ3) is 5.21. The summed E-state index contributed by atoms with van der Waals surface area (Å²) in [5.74, 6) is -1.43. The van der Waals surface area contributed by atoms with E-state index in [4.69, 9.17) is 5.11 Å². The van der Waals surface area contributed by atoms with Gasteiger partial charge in [0.15, 0.2) is 0 Å². The van der Waals surface area contributed by atoms with Crippen LogP contribution in [0.3, 0.4) is 0 Å². The summed E-state index contributed by atoms with van der Waals surface area (Å²) in [7, 11) is 0. The molecule has 1 aromatic carbocycles. The summed E-state index contributed by atoms with van der Waals surface area (Å²) in [4.78, 5) is 22.7. The molecule has 0 fully saturated rings. The number of carboxylic acids is 1. The number of hydrogen-bond acceptors (Lipinski definition) is 2. The summed E-state index contributed by atoms with van der Waals surface area (Å²) in [5, 5.41) is 14.3. The Balaban J connectivity index is 2.50. The molecule has 1 aromatic rings. The molecule has 2 amide bonds. The second kappa shape index (κ2) is 7.89. The number of carboxylic acid groups (broad SMARTS) is 1. The highest BCUT2D eigenvalue weighted by Crippen LogP contribution is 2.20. The molecule has 1 rings (SSSR count). The summed E-state index contributed by atoms with van der Waals surface area (Å²) in [5.41, 5.74) is 1.73. The first-order valence-electron chi connectivity index (χ1n) is 6.47. The lowest BCUT2D eigenvalue weighted by atomic mass is 10.0. The van der Waals surface area contributed by atoms with Gasteiger partial charge in [-0.2, -0.15) is 0 Å².